The number of benzene rings is 1. The number of aromatic nitrogens is 2. The van der Waals surface area contributed by atoms with Gasteiger partial charge in [0.25, 0.3) is 0 Å². The van der Waals surface area contributed by atoms with Crippen LogP contribution < -0.4 is 5.32 Å². The fourth-order valence-electron chi connectivity index (χ4n) is 1.68. The zero-order valence-corrected chi connectivity index (χ0v) is 10.9. The summed E-state index contributed by atoms with van der Waals surface area (Å²) in [5.41, 5.74) is 2.14. The minimum atomic E-state index is 0.760. The highest BCUT2D eigenvalue weighted by molar-refractivity contribution is 7.11. The van der Waals surface area contributed by atoms with E-state index in [1.165, 1.54) is 16.9 Å². The highest BCUT2D eigenvalue weighted by atomic mass is 32.1. The summed E-state index contributed by atoms with van der Waals surface area (Å²) < 4.78 is 4.40. The van der Waals surface area contributed by atoms with Gasteiger partial charge < -0.3 is 5.32 Å². The summed E-state index contributed by atoms with van der Waals surface area (Å²) in [7, 11) is 0. The van der Waals surface area contributed by atoms with E-state index >= 15 is 0 Å². The van der Waals surface area contributed by atoms with Crippen molar-refractivity contribution in [3.8, 4) is 0 Å². The molecule has 0 spiro atoms. The van der Waals surface area contributed by atoms with Crippen LogP contribution in [0.5, 0.6) is 0 Å². The van der Waals surface area contributed by atoms with Gasteiger partial charge >= 0.3 is 0 Å². The fourth-order valence-corrected chi connectivity index (χ4v) is 3.05. The third-order valence-electron chi connectivity index (χ3n) is 2.48. The van der Waals surface area contributed by atoms with Gasteiger partial charge in [0.2, 0.25) is 0 Å². The van der Waals surface area contributed by atoms with Crippen molar-refractivity contribution in [2.24, 2.45) is 0 Å². The number of nitrogens with zero attached hydrogens (tertiary/aromatic N) is 2. The van der Waals surface area contributed by atoms with E-state index in [2.05, 4.69) is 26.1 Å². The second kappa shape index (κ2) is 4.43. The fraction of sp³-hybridized carbons (Fsp3) is 0.167. The first-order valence-electron chi connectivity index (χ1n) is 5.32. The number of hydrogen-bond donors (Lipinski definition) is 1. The number of fused-ring (bicyclic) bond motifs is 1. The maximum absolute atomic E-state index is 4.43. The molecule has 0 saturated heterocycles. The normalized spacial score (nSPS) is 10.9. The van der Waals surface area contributed by atoms with Crippen molar-refractivity contribution in [2.45, 2.75) is 13.5 Å². The Balaban J connectivity index is 1.81. The van der Waals surface area contributed by atoms with E-state index in [0.29, 0.717) is 0 Å². The van der Waals surface area contributed by atoms with Gasteiger partial charge in [0.05, 0.1) is 22.8 Å². The number of rotatable bonds is 3. The van der Waals surface area contributed by atoms with Crippen molar-refractivity contribution >= 4 is 38.8 Å². The number of thiazole rings is 1. The van der Waals surface area contributed by atoms with Crippen LogP contribution >= 0.6 is 22.9 Å². The molecule has 1 aromatic carbocycles. The van der Waals surface area contributed by atoms with E-state index in [9.17, 15) is 0 Å². The molecule has 5 heteroatoms. The Kier molecular flexibility index (Phi) is 2.78. The summed E-state index contributed by atoms with van der Waals surface area (Å²) in [5.74, 6) is 0. The molecule has 0 aliphatic rings. The summed E-state index contributed by atoms with van der Waals surface area (Å²) in [4.78, 5) is 4.43. The van der Waals surface area contributed by atoms with Crippen LogP contribution in [0.2, 0.25) is 0 Å². The molecule has 86 valence electrons. The molecule has 2 heterocycles. The minimum absolute atomic E-state index is 0.760. The van der Waals surface area contributed by atoms with E-state index in [4.69, 9.17) is 0 Å². The molecule has 3 rings (SSSR count). The smallest absolute Gasteiger partial charge is 0.117 e. The Morgan fingerprint density at radius 3 is 3.00 bits per heavy atom. The lowest BCUT2D eigenvalue weighted by Gasteiger charge is -2.00. The van der Waals surface area contributed by atoms with Gasteiger partial charge in [-0.1, -0.05) is 12.1 Å². The molecule has 0 unspecified atom stereocenters. The number of nitrogens with one attached hydrogen (secondary N) is 1. The molecule has 0 aliphatic heterocycles. The van der Waals surface area contributed by atoms with Gasteiger partial charge in [-0.2, -0.15) is 4.37 Å². The predicted molar refractivity (Wildman–Crippen MR) is 73.8 cm³/mol. The predicted octanol–water partition coefficient (Wildman–Crippen LogP) is 3.67. The van der Waals surface area contributed by atoms with Crippen LogP contribution in [0.3, 0.4) is 0 Å². The van der Waals surface area contributed by atoms with E-state index in [1.807, 2.05) is 25.1 Å². The van der Waals surface area contributed by atoms with Crippen LogP contribution in [0.15, 0.2) is 29.6 Å². The van der Waals surface area contributed by atoms with E-state index in [0.717, 1.165) is 27.8 Å². The first kappa shape index (κ1) is 10.7. The van der Waals surface area contributed by atoms with Crippen LogP contribution in [0.1, 0.15) is 10.7 Å². The number of aryl methyl sites for hydroxylation is 1. The largest absolute Gasteiger partial charge is 0.369 e. The molecular weight excluding hydrogens is 250 g/mol. The maximum atomic E-state index is 4.43. The quantitative estimate of drug-likeness (QED) is 0.781. The number of anilines is 1. The highest BCUT2D eigenvalue weighted by Gasteiger charge is 2.05. The molecule has 0 bridgehead atoms. The molecule has 3 nitrogen and oxygen atoms in total. The van der Waals surface area contributed by atoms with Crippen molar-refractivity contribution < 1.29 is 0 Å². The van der Waals surface area contributed by atoms with Crippen LogP contribution in [-0.4, -0.2) is 9.36 Å². The molecule has 3 aromatic rings. The third kappa shape index (κ3) is 2.16. The number of hydrogen-bond acceptors (Lipinski definition) is 5. The molecule has 0 atom stereocenters. The molecule has 2 aromatic heterocycles. The molecular formula is C12H11N3S2. The SMILES string of the molecule is Cc1nc(CNc2snc3ccccc23)cs1. The Labute approximate surface area is 107 Å². The van der Waals surface area contributed by atoms with Crippen molar-refractivity contribution in [1.29, 1.82) is 0 Å². The lowest BCUT2D eigenvalue weighted by molar-refractivity contribution is 1.06. The van der Waals surface area contributed by atoms with Gasteiger partial charge in [0.15, 0.2) is 0 Å². The van der Waals surface area contributed by atoms with Crippen molar-refractivity contribution in [3.05, 3.63) is 40.3 Å². The second-order valence-corrected chi connectivity index (χ2v) is 5.58. The molecule has 0 fully saturated rings. The van der Waals surface area contributed by atoms with Gasteiger partial charge in [0.1, 0.15) is 5.00 Å². The maximum Gasteiger partial charge on any atom is 0.117 e. The topological polar surface area (TPSA) is 37.8 Å². The molecule has 17 heavy (non-hydrogen) atoms. The van der Waals surface area contributed by atoms with Crippen LogP contribution in [0.25, 0.3) is 10.9 Å². The van der Waals surface area contributed by atoms with E-state index in [-0.39, 0.29) is 0 Å². The Bertz CT molecular complexity index is 642. The monoisotopic (exact) mass is 261 g/mol. The Morgan fingerprint density at radius 2 is 2.18 bits per heavy atom. The minimum Gasteiger partial charge on any atom is -0.369 e. The van der Waals surface area contributed by atoms with Crippen LogP contribution in [0, 0.1) is 6.92 Å². The van der Waals surface area contributed by atoms with Crippen LogP contribution in [-0.2, 0) is 6.54 Å². The lowest BCUT2D eigenvalue weighted by atomic mass is 10.2. The molecule has 0 amide bonds. The Hall–Kier alpha value is -1.46. The molecule has 0 radical (unpaired) electrons. The third-order valence-corrected chi connectivity index (χ3v) is 4.14. The van der Waals surface area contributed by atoms with Gasteiger partial charge in [-0.05, 0) is 30.6 Å². The van der Waals surface area contributed by atoms with E-state index < -0.39 is 0 Å². The standard InChI is InChI=1S/C12H11N3S2/c1-8-14-9(7-16-8)6-13-12-10-4-2-3-5-11(10)15-17-12/h2-5,7,13H,6H2,1H3. The summed E-state index contributed by atoms with van der Waals surface area (Å²) in [6.45, 7) is 2.78. The first-order valence-corrected chi connectivity index (χ1v) is 6.97. The average Bonchev–Trinajstić information content (AvgIpc) is 2.93. The molecule has 0 saturated carbocycles. The van der Waals surface area contributed by atoms with Gasteiger partial charge in [-0.25, -0.2) is 4.98 Å². The Morgan fingerprint density at radius 1 is 1.29 bits per heavy atom. The van der Waals surface area contributed by atoms with Gasteiger partial charge in [-0.15, -0.1) is 11.3 Å². The van der Waals surface area contributed by atoms with Crippen molar-refractivity contribution in [1.82, 2.24) is 9.36 Å². The first-order chi connectivity index (χ1) is 8.33. The van der Waals surface area contributed by atoms with Gasteiger partial charge in [0, 0.05) is 10.8 Å². The summed E-state index contributed by atoms with van der Waals surface area (Å²) in [6, 6.07) is 8.17. The lowest BCUT2D eigenvalue weighted by Crippen LogP contribution is -1.98. The van der Waals surface area contributed by atoms with Gasteiger partial charge in [-0.3, -0.25) is 0 Å². The van der Waals surface area contributed by atoms with Crippen molar-refractivity contribution in [3.63, 3.8) is 0 Å². The van der Waals surface area contributed by atoms with Crippen LogP contribution in [0.4, 0.5) is 5.00 Å². The molecule has 0 aliphatic carbocycles. The summed E-state index contributed by atoms with van der Waals surface area (Å²) in [6.07, 6.45) is 0. The summed E-state index contributed by atoms with van der Waals surface area (Å²) >= 11 is 3.19. The highest BCUT2D eigenvalue weighted by Crippen LogP contribution is 2.27. The van der Waals surface area contributed by atoms with Crippen molar-refractivity contribution in [2.75, 3.05) is 5.32 Å². The van der Waals surface area contributed by atoms with E-state index in [1.54, 1.807) is 11.3 Å². The summed E-state index contributed by atoms with van der Waals surface area (Å²) in [5, 5.41) is 8.90. The zero-order valence-electron chi connectivity index (χ0n) is 9.30. The zero-order chi connectivity index (χ0) is 11.7. The average molecular weight is 261 g/mol. The molecule has 1 N–H and O–H groups in total. The second-order valence-electron chi connectivity index (χ2n) is 3.74.